The van der Waals surface area contributed by atoms with Gasteiger partial charge in [0.05, 0.1) is 0 Å². The van der Waals surface area contributed by atoms with Crippen molar-refractivity contribution in [1.82, 2.24) is 14.8 Å². The van der Waals surface area contributed by atoms with Gasteiger partial charge in [-0.2, -0.15) is 0 Å². The van der Waals surface area contributed by atoms with E-state index in [1.54, 1.807) is 12.2 Å². The standard InChI is InChI=1S/C19H17N3O2S/c1-3-9-22-18(24)16(17(23)20-19(22)25)12-15-8-5-10-21(15)14-7-4-6-13(2)11-14/h3-8,10-12H,1,9H2,2H3,(H,20,23,25)/b16-12+. The Labute approximate surface area is 151 Å². The van der Waals surface area contributed by atoms with Gasteiger partial charge in [-0.25, -0.2) is 0 Å². The molecule has 0 radical (unpaired) electrons. The van der Waals surface area contributed by atoms with E-state index in [1.807, 2.05) is 54.1 Å². The highest BCUT2D eigenvalue weighted by Crippen LogP contribution is 2.19. The molecule has 25 heavy (non-hydrogen) atoms. The number of carbonyl (C=O) groups excluding carboxylic acids is 2. The molecular weight excluding hydrogens is 334 g/mol. The number of thiocarbonyl (C=S) groups is 1. The number of hydrogen-bond acceptors (Lipinski definition) is 3. The van der Waals surface area contributed by atoms with Crippen molar-refractivity contribution in [2.24, 2.45) is 0 Å². The lowest BCUT2D eigenvalue weighted by Gasteiger charge is -2.27. The quantitative estimate of drug-likeness (QED) is 0.399. The van der Waals surface area contributed by atoms with Gasteiger partial charge in [0.1, 0.15) is 5.57 Å². The van der Waals surface area contributed by atoms with Gasteiger partial charge in [0.15, 0.2) is 5.11 Å². The zero-order valence-electron chi connectivity index (χ0n) is 13.7. The highest BCUT2D eigenvalue weighted by molar-refractivity contribution is 7.80. The van der Waals surface area contributed by atoms with Crippen LogP contribution in [0.1, 0.15) is 11.3 Å². The molecule has 1 saturated heterocycles. The van der Waals surface area contributed by atoms with E-state index in [1.165, 1.54) is 4.90 Å². The first-order valence-corrected chi connectivity index (χ1v) is 8.16. The van der Waals surface area contributed by atoms with Gasteiger partial charge in [-0.1, -0.05) is 18.2 Å². The van der Waals surface area contributed by atoms with Crippen molar-refractivity contribution in [3.05, 3.63) is 72.1 Å². The normalized spacial score (nSPS) is 16.3. The van der Waals surface area contributed by atoms with Crippen LogP contribution in [-0.2, 0) is 9.59 Å². The lowest BCUT2D eigenvalue weighted by Crippen LogP contribution is -2.53. The van der Waals surface area contributed by atoms with Crippen molar-refractivity contribution in [2.45, 2.75) is 6.92 Å². The monoisotopic (exact) mass is 351 g/mol. The van der Waals surface area contributed by atoms with Crippen molar-refractivity contribution in [3.8, 4) is 5.69 Å². The summed E-state index contributed by atoms with van der Waals surface area (Å²) in [7, 11) is 0. The molecule has 0 spiro atoms. The molecule has 6 heteroatoms. The maximum Gasteiger partial charge on any atom is 0.266 e. The third kappa shape index (κ3) is 3.29. The summed E-state index contributed by atoms with van der Waals surface area (Å²) in [6.07, 6.45) is 5.03. The maximum atomic E-state index is 12.6. The lowest BCUT2D eigenvalue weighted by atomic mass is 10.1. The molecule has 2 amide bonds. The van der Waals surface area contributed by atoms with Crippen LogP contribution in [0.2, 0.25) is 0 Å². The molecule has 0 bridgehead atoms. The van der Waals surface area contributed by atoms with E-state index < -0.39 is 11.8 Å². The molecule has 2 heterocycles. The van der Waals surface area contributed by atoms with Gasteiger partial charge in [0.25, 0.3) is 11.8 Å². The highest BCUT2D eigenvalue weighted by Gasteiger charge is 2.32. The molecule has 0 unspecified atom stereocenters. The van der Waals surface area contributed by atoms with E-state index in [0.29, 0.717) is 0 Å². The van der Waals surface area contributed by atoms with Crippen molar-refractivity contribution in [2.75, 3.05) is 6.54 Å². The highest BCUT2D eigenvalue weighted by atomic mass is 32.1. The summed E-state index contributed by atoms with van der Waals surface area (Å²) in [4.78, 5) is 26.2. The van der Waals surface area contributed by atoms with Crippen molar-refractivity contribution in [1.29, 1.82) is 0 Å². The van der Waals surface area contributed by atoms with E-state index in [4.69, 9.17) is 12.2 Å². The van der Waals surface area contributed by atoms with E-state index >= 15 is 0 Å². The second kappa shape index (κ2) is 6.86. The van der Waals surface area contributed by atoms with E-state index in [-0.39, 0.29) is 17.2 Å². The molecule has 3 rings (SSSR count). The van der Waals surface area contributed by atoms with Crippen LogP contribution in [0, 0.1) is 6.92 Å². The fraction of sp³-hybridized carbons (Fsp3) is 0.105. The Balaban J connectivity index is 2.02. The summed E-state index contributed by atoms with van der Waals surface area (Å²) >= 11 is 5.06. The molecule has 5 nitrogen and oxygen atoms in total. The maximum absolute atomic E-state index is 12.6. The molecule has 0 aliphatic carbocycles. The van der Waals surface area contributed by atoms with Gasteiger partial charge < -0.3 is 4.57 Å². The summed E-state index contributed by atoms with van der Waals surface area (Å²) < 4.78 is 1.92. The Hall–Kier alpha value is -2.99. The summed E-state index contributed by atoms with van der Waals surface area (Å²) in [5.74, 6) is -0.919. The number of rotatable bonds is 4. The Morgan fingerprint density at radius 1 is 1.24 bits per heavy atom. The number of aryl methyl sites for hydroxylation is 1. The number of benzene rings is 1. The van der Waals surface area contributed by atoms with Crippen LogP contribution in [0.5, 0.6) is 0 Å². The van der Waals surface area contributed by atoms with Gasteiger partial charge in [-0.3, -0.25) is 19.8 Å². The summed E-state index contributed by atoms with van der Waals surface area (Å²) in [6, 6.07) is 11.7. The zero-order valence-corrected chi connectivity index (χ0v) is 14.5. The van der Waals surface area contributed by atoms with Gasteiger partial charge >= 0.3 is 0 Å². The number of nitrogens with one attached hydrogen (secondary N) is 1. The number of hydrogen-bond donors (Lipinski definition) is 1. The molecule has 1 N–H and O–H groups in total. The minimum atomic E-state index is -0.493. The molecule has 2 aromatic rings. The Bertz CT molecular complexity index is 911. The molecule has 0 saturated carbocycles. The second-order valence-electron chi connectivity index (χ2n) is 5.66. The molecular formula is C19H17N3O2S. The molecule has 1 aromatic carbocycles. The number of carbonyl (C=O) groups is 2. The van der Waals surface area contributed by atoms with E-state index in [2.05, 4.69) is 11.9 Å². The predicted octanol–water partition coefficient (Wildman–Crippen LogP) is 2.60. The van der Waals surface area contributed by atoms with Crippen LogP contribution in [0.4, 0.5) is 0 Å². The molecule has 1 aliphatic heterocycles. The fourth-order valence-electron chi connectivity index (χ4n) is 2.66. The zero-order chi connectivity index (χ0) is 18.0. The molecule has 126 valence electrons. The molecule has 0 atom stereocenters. The van der Waals surface area contributed by atoms with Crippen LogP contribution in [0.15, 0.2) is 60.8 Å². The smallest absolute Gasteiger partial charge is 0.266 e. The Morgan fingerprint density at radius 3 is 2.76 bits per heavy atom. The number of nitrogens with zero attached hydrogens (tertiary/aromatic N) is 2. The van der Waals surface area contributed by atoms with Gasteiger partial charge in [-0.05, 0) is 55.0 Å². The minimum absolute atomic E-state index is 0.0445. The SMILES string of the molecule is C=CCN1C(=O)/C(=C/c2cccn2-c2cccc(C)c2)C(=O)NC1=S. The van der Waals surface area contributed by atoms with Crippen LogP contribution in [0.25, 0.3) is 11.8 Å². The van der Waals surface area contributed by atoms with E-state index in [0.717, 1.165) is 16.9 Å². The molecule has 1 aliphatic rings. The average Bonchev–Trinajstić information content (AvgIpc) is 3.03. The van der Waals surface area contributed by atoms with Gasteiger partial charge in [0, 0.05) is 24.1 Å². The number of amides is 2. The number of aromatic nitrogens is 1. The Kier molecular flexibility index (Phi) is 4.63. The largest absolute Gasteiger partial charge is 0.317 e. The molecule has 1 aromatic heterocycles. The van der Waals surface area contributed by atoms with Crippen LogP contribution in [-0.4, -0.2) is 32.9 Å². The van der Waals surface area contributed by atoms with Crippen molar-refractivity contribution < 1.29 is 9.59 Å². The average molecular weight is 351 g/mol. The molecule has 1 fully saturated rings. The van der Waals surface area contributed by atoms with Crippen molar-refractivity contribution >= 4 is 35.2 Å². The first kappa shape index (κ1) is 16.9. The van der Waals surface area contributed by atoms with Crippen molar-refractivity contribution in [3.63, 3.8) is 0 Å². The third-order valence-corrected chi connectivity index (χ3v) is 4.17. The van der Waals surface area contributed by atoms with Gasteiger partial charge in [0.2, 0.25) is 0 Å². The van der Waals surface area contributed by atoms with Crippen LogP contribution < -0.4 is 5.32 Å². The second-order valence-corrected chi connectivity index (χ2v) is 6.05. The predicted molar refractivity (Wildman–Crippen MR) is 101 cm³/mol. The van der Waals surface area contributed by atoms with E-state index in [9.17, 15) is 9.59 Å². The minimum Gasteiger partial charge on any atom is -0.317 e. The van der Waals surface area contributed by atoms with Gasteiger partial charge in [-0.15, -0.1) is 6.58 Å². The van der Waals surface area contributed by atoms with Crippen LogP contribution >= 0.6 is 12.2 Å². The third-order valence-electron chi connectivity index (χ3n) is 3.85. The Morgan fingerprint density at radius 2 is 2.04 bits per heavy atom. The first-order valence-electron chi connectivity index (χ1n) is 7.75. The topological polar surface area (TPSA) is 54.3 Å². The van der Waals surface area contributed by atoms with Crippen LogP contribution in [0.3, 0.4) is 0 Å². The first-order chi connectivity index (χ1) is 12.0. The summed E-state index contributed by atoms with van der Waals surface area (Å²) in [5, 5.41) is 2.65. The fourth-order valence-corrected chi connectivity index (χ4v) is 2.91. The summed E-state index contributed by atoms with van der Waals surface area (Å²) in [6.45, 7) is 5.87. The summed E-state index contributed by atoms with van der Waals surface area (Å²) in [5.41, 5.74) is 2.86. The lowest BCUT2D eigenvalue weighted by molar-refractivity contribution is -0.128.